The number of ether oxygens (including phenoxy) is 1. The second kappa shape index (κ2) is 7.20. The summed E-state index contributed by atoms with van der Waals surface area (Å²) in [5.74, 6) is 0.313. The van der Waals surface area contributed by atoms with Crippen LogP contribution in [0.4, 0.5) is 4.39 Å². The molecule has 1 aromatic carbocycles. The Morgan fingerprint density at radius 3 is 2.80 bits per heavy atom. The van der Waals surface area contributed by atoms with E-state index >= 15 is 0 Å². The molecule has 1 heterocycles. The number of rotatable bonds is 6. The van der Waals surface area contributed by atoms with Crippen LogP contribution in [0.2, 0.25) is 0 Å². The Bertz CT molecular complexity index is 573. The van der Waals surface area contributed by atoms with Gasteiger partial charge in [-0.3, -0.25) is 0 Å². The molecule has 1 atom stereocenters. The molecule has 1 unspecified atom stereocenters. The molecule has 0 aliphatic carbocycles. The van der Waals surface area contributed by atoms with Crippen LogP contribution >= 0.6 is 27.3 Å². The first-order valence-electron chi connectivity index (χ1n) is 6.46. The van der Waals surface area contributed by atoms with Crippen molar-refractivity contribution in [1.82, 2.24) is 5.32 Å². The quantitative estimate of drug-likeness (QED) is 0.805. The van der Waals surface area contributed by atoms with E-state index in [1.807, 2.05) is 10.8 Å². The number of hydrogen-bond donors (Lipinski definition) is 1. The number of benzene rings is 1. The summed E-state index contributed by atoms with van der Waals surface area (Å²) in [5.41, 5.74) is 1.59. The van der Waals surface area contributed by atoms with E-state index in [0.717, 1.165) is 23.0 Å². The van der Waals surface area contributed by atoms with Crippen LogP contribution in [0.3, 0.4) is 0 Å². The Morgan fingerprint density at radius 2 is 2.20 bits per heavy atom. The number of halogens is 2. The first kappa shape index (κ1) is 15.5. The van der Waals surface area contributed by atoms with Crippen LogP contribution < -0.4 is 10.1 Å². The minimum absolute atomic E-state index is 0.216. The molecule has 0 spiro atoms. The van der Waals surface area contributed by atoms with Crippen LogP contribution in [0.5, 0.6) is 5.75 Å². The molecule has 0 saturated heterocycles. The Labute approximate surface area is 131 Å². The van der Waals surface area contributed by atoms with Crippen molar-refractivity contribution in [2.45, 2.75) is 19.4 Å². The maximum Gasteiger partial charge on any atom is 0.132 e. The third-order valence-corrected chi connectivity index (χ3v) is 4.82. The topological polar surface area (TPSA) is 21.3 Å². The van der Waals surface area contributed by atoms with E-state index in [9.17, 15) is 4.39 Å². The Kier molecular flexibility index (Phi) is 5.57. The van der Waals surface area contributed by atoms with Gasteiger partial charge in [0.25, 0.3) is 0 Å². The molecule has 0 aliphatic heterocycles. The number of hydrogen-bond acceptors (Lipinski definition) is 3. The van der Waals surface area contributed by atoms with E-state index in [1.165, 1.54) is 6.07 Å². The van der Waals surface area contributed by atoms with Gasteiger partial charge in [0.05, 0.1) is 18.7 Å². The van der Waals surface area contributed by atoms with Crippen molar-refractivity contribution >= 4 is 27.3 Å². The summed E-state index contributed by atoms with van der Waals surface area (Å²) >= 11 is 5.13. The number of methoxy groups -OCH3 is 1. The summed E-state index contributed by atoms with van der Waals surface area (Å²) in [4.78, 5) is 0. The van der Waals surface area contributed by atoms with Gasteiger partial charge in [-0.2, -0.15) is 11.3 Å². The summed E-state index contributed by atoms with van der Waals surface area (Å²) in [6.45, 7) is 2.90. The molecule has 0 aliphatic rings. The van der Waals surface area contributed by atoms with Crippen molar-refractivity contribution in [2.75, 3.05) is 13.7 Å². The molecule has 20 heavy (non-hydrogen) atoms. The molecule has 2 rings (SSSR count). The van der Waals surface area contributed by atoms with Gasteiger partial charge in [-0.25, -0.2) is 4.39 Å². The van der Waals surface area contributed by atoms with Gasteiger partial charge >= 0.3 is 0 Å². The molecule has 1 N–H and O–H groups in total. The lowest BCUT2D eigenvalue weighted by Crippen LogP contribution is -2.24. The van der Waals surface area contributed by atoms with E-state index in [4.69, 9.17) is 4.74 Å². The van der Waals surface area contributed by atoms with Crippen molar-refractivity contribution in [3.63, 3.8) is 0 Å². The van der Waals surface area contributed by atoms with Gasteiger partial charge in [0.15, 0.2) is 0 Å². The minimum atomic E-state index is -0.254. The van der Waals surface area contributed by atoms with Crippen LogP contribution in [-0.2, 0) is 0 Å². The fourth-order valence-corrected chi connectivity index (χ4v) is 3.68. The Morgan fingerprint density at radius 1 is 1.40 bits per heavy atom. The first-order chi connectivity index (χ1) is 9.69. The van der Waals surface area contributed by atoms with E-state index < -0.39 is 0 Å². The molecule has 108 valence electrons. The molecular formula is C15H17BrFNOS. The Balaban J connectivity index is 2.49. The van der Waals surface area contributed by atoms with Gasteiger partial charge in [-0.05, 0) is 52.0 Å². The molecule has 2 aromatic rings. The molecule has 1 aromatic heterocycles. The highest BCUT2D eigenvalue weighted by Crippen LogP contribution is 2.37. The van der Waals surface area contributed by atoms with Crippen LogP contribution in [-0.4, -0.2) is 13.7 Å². The summed E-state index contributed by atoms with van der Waals surface area (Å²) < 4.78 is 20.6. The zero-order valence-corrected chi connectivity index (χ0v) is 13.9. The van der Waals surface area contributed by atoms with Gasteiger partial charge in [0.2, 0.25) is 0 Å². The highest BCUT2D eigenvalue weighted by Gasteiger charge is 2.23. The molecular weight excluding hydrogens is 341 g/mol. The van der Waals surface area contributed by atoms with E-state index in [1.54, 1.807) is 30.6 Å². The van der Waals surface area contributed by atoms with Gasteiger partial charge in [-0.15, -0.1) is 0 Å². The second-order valence-electron chi connectivity index (χ2n) is 4.42. The van der Waals surface area contributed by atoms with Crippen molar-refractivity contribution < 1.29 is 9.13 Å². The Hall–Kier alpha value is -0.910. The third-order valence-electron chi connectivity index (χ3n) is 3.07. The molecule has 5 heteroatoms. The minimum Gasteiger partial charge on any atom is -0.496 e. The summed E-state index contributed by atoms with van der Waals surface area (Å²) in [6.07, 6.45) is 0.981. The van der Waals surface area contributed by atoms with Gasteiger partial charge < -0.3 is 10.1 Å². The molecule has 0 amide bonds. The fourth-order valence-electron chi connectivity index (χ4n) is 2.13. The van der Waals surface area contributed by atoms with Crippen LogP contribution in [0.25, 0.3) is 0 Å². The molecule has 0 radical (unpaired) electrons. The van der Waals surface area contributed by atoms with E-state index in [2.05, 4.69) is 28.2 Å². The summed E-state index contributed by atoms with van der Waals surface area (Å²) in [5, 5.41) is 7.44. The maximum absolute atomic E-state index is 14.3. The maximum atomic E-state index is 14.3. The molecule has 0 saturated carbocycles. The van der Waals surface area contributed by atoms with Crippen molar-refractivity contribution in [1.29, 1.82) is 0 Å². The lowest BCUT2D eigenvalue weighted by atomic mass is 9.99. The predicted molar refractivity (Wildman–Crippen MR) is 85.1 cm³/mol. The highest BCUT2D eigenvalue weighted by molar-refractivity contribution is 9.10. The zero-order valence-electron chi connectivity index (χ0n) is 11.5. The normalized spacial score (nSPS) is 12.4. The monoisotopic (exact) mass is 357 g/mol. The van der Waals surface area contributed by atoms with Gasteiger partial charge in [0, 0.05) is 9.85 Å². The second-order valence-corrected chi connectivity index (χ2v) is 6.02. The fraction of sp³-hybridized carbons (Fsp3) is 0.333. The smallest absolute Gasteiger partial charge is 0.132 e. The van der Waals surface area contributed by atoms with Crippen molar-refractivity contribution in [3.05, 3.63) is 50.4 Å². The van der Waals surface area contributed by atoms with Crippen molar-refractivity contribution in [3.8, 4) is 5.75 Å². The third kappa shape index (κ3) is 3.22. The van der Waals surface area contributed by atoms with Gasteiger partial charge in [0.1, 0.15) is 11.6 Å². The van der Waals surface area contributed by atoms with Crippen LogP contribution in [0.1, 0.15) is 30.5 Å². The average Bonchev–Trinajstić information content (AvgIpc) is 2.87. The zero-order chi connectivity index (χ0) is 14.5. The van der Waals surface area contributed by atoms with Crippen molar-refractivity contribution in [2.24, 2.45) is 0 Å². The average molecular weight is 358 g/mol. The summed E-state index contributed by atoms with van der Waals surface area (Å²) in [7, 11) is 1.57. The molecule has 0 bridgehead atoms. The highest BCUT2D eigenvalue weighted by atomic mass is 79.9. The lowest BCUT2D eigenvalue weighted by molar-refractivity contribution is 0.396. The largest absolute Gasteiger partial charge is 0.496 e. The van der Waals surface area contributed by atoms with Gasteiger partial charge in [-0.1, -0.05) is 13.0 Å². The SMILES string of the molecule is CCCNC(c1cscc1Br)c1c(F)cccc1OC. The van der Waals surface area contributed by atoms with E-state index in [0.29, 0.717) is 11.3 Å². The number of thiophene rings is 1. The predicted octanol–water partition coefficient (Wildman–Crippen LogP) is 4.75. The molecule has 0 fully saturated rings. The lowest BCUT2D eigenvalue weighted by Gasteiger charge is -2.21. The van der Waals surface area contributed by atoms with Crippen LogP contribution in [0.15, 0.2) is 33.4 Å². The first-order valence-corrected chi connectivity index (χ1v) is 8.20. The standard InChI is InChI=1S/C15H17BrFNOS/c1-3-7-18-15(10-8-20-9-11(10)16)14-12(17)5-4-6-13(14)19-2/h4-6,8-9,15,18H,3,7H2,1-2H3. The molecule has 2 nitrogen and oxygen atoms in total. The number of nitrogens with one attached hydrogen (secondary N) is 1. The van der Waals surface area contributed by atoms with E-state index in [-0.39, 0.29) is 11.9 Å². The van der Waals surface area contributed by atoms with Crippen LogP contribution in [0, 0.1) is 5.82 Å². The summed E-state index contributed by atoms with van der Waals surface area (Å²) in [6, 6.07) is 4.71.